The van der Waals surface area contributed by atoms with Crippen molar-refractivity contribution in [2.75, 3.05) is 0 Å². The van der Waals surface area contributed by atoms with Crippen molar-refractivity contribution < 1.29 is 4.39 Å². The molecule has 96 valence electrons. The van der Waals surface area contributed by atoms with E-state index in [9.17, 15) is 4.39 Å². The summed E-state index contributed by atoms with van der Waals surface area (Å²) in [5.41, 5.74) is 0.946. The second-order valence-corrected chi connectivity index (χ2v) is 4.86. The fraction of sp³-hybridized carbons (Fsp3) is 0.571. The first-order valence-electron chi connectivity index (χ1n) is 6.29. The van der Waals surface area contributed by atoms with Gasteiger partial charge in [-0.25, -0.2) is 4.39 Å². The molecule has 0 bridgehead atoms. The maximum atomic E-state index is 13.3. The average molecular weight is 258 g/mol. The summed E-state index contributed by atoms with van der Waals surface area (Å²) in [5.74, 6) is -0.346. The molecule has 0 amide bonds. The predicted octanol–water partition coefficient (Wildman–Crippen LogP) is 4.71. The summed E-state index contributed by atoms with van der Waals surface area (Å²) in [7, 11) is 0. The third-order valence-corrected chi connectivity index (χ3v) is 3.37. The Morgan fingerprint density at radius 1 is 1.35 bits per heavy atom. The summed E-state index contributed by atoms with van der Waals surface area (Å²) >= 11 is 5.67. The SMILES string of the molecule is CCCC(CC)NC(C)c1ccc(Cl)c(F)c1. The van der Waals surface area contributed by atoms with Gasteiger partial charge in [-0.2, -0.15) is 0 Å². The Balaban J connectivity index is 2.68. The van der Waals surface area contributed by atoms with Crippen molar-refractivity contribution in [3.63, 3.8) is 0 Å². The molecule has 17 heavy (non-hydrogen) atoms. The molecule has 0 aromatic heterocycles. The van der Waals surface area contributed by atoms with Gasteiger partial charge in [0.1, 0.15) is 5.82 Å². The van der Waals surface area contributed by atoms with Crippen LogP contribution in [0.15, 0.2) is 18.2 Å². The van der Waals surface area contributed by atoms with E-state index in [1.807, 2.05) is 6.07 Å². The lowest BCUT2D eigenvalue weighted by Gasteiger charge is -2.22. The molecule has 3 heteroatoms. The van der Waals surface area contributed by atoms with Crippen LogP contribution in [0, 0.1) is 5.82 Å². The van der Waals surface area contributed by atoms with Gasteiger partial charge in [0.05, 0.1) is 5.02 Å². The van der Waals surface area contributed by atoms with E-state index in [1.54, 1.807) is 6.07 Å². The van der Waals surface area contributed by atoms with E-state index in [0.717, 1.165) is 24.8 Å². The van der Waals surface area contributed by atoms with Gasteiger partial charge in [0.2, 0.25) is 0 Å². The van der Waals surface area contributed by atoms with E-state index >= 15 is 0 Å². The molecule has 0 aliphatic rings. The number of halogens is 2. The molecule has 0 aliphatic heterocycles. The summed E-state index contributed by atoms with van der Waals surface area (Å²) in [4.78, 5) is 0. The number of rotatable bonds is 6. The van der Waals surface area contributed by atoms with Gasteiger partial charge in [0, 0.05) is 12.1 Å². The molecular weight excluding hydrogens is 237 g/mol. The van der Waals surface area contributed by atoms with E-state index in [-0.39, 0.29) is 16.9 Å². The van der Waals surface area contributed by atoms with E-state index in [0.29, 0.717) is 6.04 Å². The lowest BCUT2D eigenvalue weighted by Crippen LogP contribution is -2.30. The smallest absolute Gasteiger partial charge is 0.142 e. The number of benzene rings is 1. The maximum absolute atomic E-state index is 13.3. The molecular formula is C14H21ClFN. The Kier molecular flexibility index (Phi) is 5.93. The Morgan fingerprint density at radius 3 is 2.59 bits per heavy atom. The normalized spacial score (nSPS) is 14.6. The van der Waals surface area contributed by atoms with Gasteiger partial charge in [-0.1, -0.05) is 37.9 Å². The first-order valence-corrected chi connectivity index (χ1v) is 6.67. The van der Waals surface area contributed by atoms with Gasteiger partial charge >= 0.3 is 0 Å². The molecule has 0 aliphatic carbocycles. The van der Waals surface area contributed by atoms with Crippen molar-refractivity contribution >= 4 is 11.6 Å². The second kappa shape index (κ2) is 6.97. The molecule has 1 nitrogen and oxygen atoms in total. The van der Waals surface area contributed by atoms with Crippen LogP contribution in [0.25, 0.3) is 0 Å². The highest BCUT2D eigenvalue weighted by Gasteiger charge is 2.12. The van der Waals surface area contributed by atoms with Gasteiger partial charge in [0.15, 0.2) is 0 Å². The summed E-state index contributed by atoms with van der Waals surface area (Å²) in [6.07, 6.45) is 3.40. The van der Waals surface area contributed by atoms with Crippen molar-refractivity contribution in [2.45, 2.75) is 52.1 Å². The van der Waals surface area contributed by atoms with Crippen molar-refractivity contribution in [1.82, 2.24) is 5.32 Å². The zero-order valence-electron chi connectivity index (χ0n) is 10.8. The third-order valence-electron chi connectivity index (χ3n) is 3.06. The standard InChI is InChI=1S/C14H21ClFN/c1-4-6-12(5-2)17-10(3)11-7-8-13(15)14(16)9-11/h7-10,12,17H,4-6H2,1-3H3. The van der Waals surface area contributed by atoms with E-state index in [2.05, 4.69) is 26.1 Å². The van der Waals surface area contributed by atoms with Crippen LogP contribution in [0.1, 0.15) is 51.6 Å². The minimum absolute atomic E-state index is 0.151. The number of hydrogen-bond acceptors (Lipinski definition) is 1. The highest BCUT2D eigenvalue weighted by Crippen LogP contribution is 2.21. The Hall–Kier alpha value is -0.600. The molecule has 1 aromatic rings. The minimum atomic E-state index is -0.346. The lowest BCUT2D eigenvalue weighted by molar-refractivity contribution is 0.416. The molecule has 0 heterocycles. The lowest BCUT2D eigenvalue weighted by atomic mass is 10.0. The van der Waals surface area contributed by atoms with E-state index in [1.165, 1.54) is 6.07 Å². The van der Waals surface area contributed by atoms with Crippen molar-refractivity contribution in [3.05, 3.63) is 34.6 Å². The zero-order valence-corrected chi connectivity index (χ0v) is 11.5. The average Bonchev–Trinajstić information content (AvgIpc) is 2.31. The van der Waals surface area contributed by atoms with Gasteiger partial charge in [-0.3, -0.25) is 0 Å². The highest BCUT2D eigenvalue weighted by atomic mass is 35.5. The first-order chi connectivity index (χ1) is 8.08. The van der Waals surface area contributed by atoms with Crippen LogP contribution in [0.3, 0.4) is 0 Å². The van der Waals surface area contributed by atoms with Gasteiger partial charge in [-0.05, 0) is 37.5 Å². The van der Waals surface area contributed by atoms with E-state index in [4.69, 9.17) is 11.6 Å². The summed E-state index contributed by atoms with van der Waals surface area (Å²) in [5, 5.41) is 3.70. The predicted molar refractivity (Wildman–Crippen MR) is 71.9 cm³/mol. The summed E-state index contributed by atoms with van der Waals surface area (Å²) < 4.78 is 13.3. The van der Waals surface area contributed by atoms with Crippen LogP contribution in [-0.4, -0.2) is 6.04 Å². The number of nitrogens with one attached hydrogen (secondary N) is 1. The van der Waals surface area contributed by atoms with Crippen molar-refractivity contribution in [2.24, 2.45) is 0 Å². The fourth-order valence-corrected chi connectivity index (χ4v) is 2.10. The topological polar surface area (TPSA) is 12.0 Å². The Bertz CT molecular complexity index is 354. The first kappa shape index (κ1) is 14.5. The summed E-state index contributed by atoms with van der Waals surface area (Å²) in [6.45, 7) is 6.40. The molecule has 0 radical (unpaired) electrons. The molecule has 0 fully saturated rings. The molecule has 1 aromatic carbocycles. The van der Waals surface area contributed by atoms with Gasteiger partial charge in [-0.15, -0.1) is 0 Å². The van der Waals surface area contributed by atoms with Crippen LogP contribution in [-0.2, 0) is 0 Å². The third kappa shape index (κ3) is 4.29. The van der Waals surface area contributed by atoms with Crippen LogP contribution < -0.4 is 5.32 Å². The highest BCUT2D eigenvalue weighted by molar-refractivity contribution is 6.30. The van der Waals surface area contributed by atoms with Gasteiger partial charge in [0.25, 0.3) is 0 Å². The maximum Gasteiger partial charge on any atom is 0.142 e. The Labute approximate surface area is 108 Å². The fourth-order valence-electron chi connectivity index (χ4n) is 1.99. The molecule has 2 atom stereocenters. The number of hydrogen-bond donors (Lipinski definition) is 1. The molecule has 1 N–H and O–H groups in total. The Morgan fingerprint density at radius 2 is 2.06 bits per heavy atom. The molecule has 0 spiro atoms. The minimum Gasteiger partial charge on any atom is -0.307 e. The van der Waals surface area contributed by atoms with Crippen molar-refractivity contribution in [3.8, 4) is 0 Å². The molecule has 0 saturated heterocycles. The monoisotopic (exact) mass is 257 g/mol. The van der Waals surface area contributed by atoms with E-state index < -0.39 is 0 Å². The van der Waals surface area contributed by atoms with Crippen LogP contribution >= 0.6 is 11.6 Å². The molecule has 0 saturated carbocycles. The van der Waals surface area contributed by atoms with Crippen molar-refractivity contribution in [1.29, 1.82) is 0 Å². The van der Waals surface area contributed by atoms with Crippen LogP contribution in [0.2, 0.25) is 5.02 Å². The van der Waals surface area contributed by atoms with Crippen LogP contribution in [0.5, 0.6) is 0 Å². The zero-order chi connectivity index (χ0) is 12.8. The molecule has 2 unspecified atom stereocenters. The largest absolute Gasteiger partial charge is 0.307 e. The molecule has 1 rings (SSSR count). The quantitative estimate of drug-likeness (QED) is 0.778. The van der Waals surface area contributed by atoms with Gasteiger partial charge < -0.3 is 5.32 Å². The second-order valence-electron chi connectivity index (χ2n) is 4.46. The van der Waals surface area contributed by atoms with Crippen LogP contribution in [0.4, 0.5) is 4.39 Å². The summed E-state index contributed by atoms with van der Waals surface area (Å²) in [6, 6.07) is 5.65.